The second kappa shape index (κ2) is 5.61. The number of nitrogens with zero attached hydrogens (tertiary/aromatic N) is 1. The molecule has 124 valence electrons. The number of sulfonamides is 1. The van der Waals surface area contributed by atoms with Crippen molar-refractivity contribution in [2.75, 3.05) is 11.9 Å². The van der Waals surface area contributed by atoms with Crippen molar-refractivity contribution in [3.63, 3.8) is 0 Å². The standard InChI is InChI=1S/C17H16N2O4S/c20-17-15-10-12(23-16-9-5-4-8-14(16)18-17)11-19(15)24(21,22)13-6-2-1-3-7-13/h1-9,12,15H,10-11H2,(H,18,20). The van der Waals surface area contributed by atoms with Crippen LogP contribution in [0.1, 0.15) is 6.42 Å². The van der Waals surface area contributed by atoms with Gasteiger partial charge in [0.15, 0.2) is 0 Å². The first-order valence-corrected chi connectivity index (χ1v) is 9.13. The van der Waals surface area contributed by atoms with Crippen molar-refractivity contribution in [2.45, 2.75) is 23.5 Å². The Hall–Kier alpha value is -2.38. The summed E-state index contributed by atoms with van der Waals surface area (Å²) >= 11 is 0. The van der Waals surface area contributed by atoms with Crippen molar-refractivity contribution in [2.24, 2.45) is 0 Å². The van der Waals surface area contributed by atoms with Crippen LogP contribution in [0.3, 0.4) is 0 Å². The van der Waals surface area contributed by atoms with Gasteiger partial charge < -0.3 is 10.1 Å². The molecule has 2 aliphatic heterocycles. The van der Waals surface area contributed by atoms with Crippen LogP contribution in [0.5, 0.6) is 5.75 Å². The van der Waals surface area contributed by atoms with E-state index in [1.54, 1.807) is 36.4 Å². The van der Waals surface area contributed by atoms with Crippen LogP contribution in [-0.4, -0.2) is 37.3 Å². The van der Waals surface area contributed by atoms with Gasteiger partial charge in [0, 0.05) is 6.42 Å². The van der Waals surface area contributed by atoms with E-state index in [0.29, 0.717) is 17.9 Å². The Morgan fingerprint density at radius 2 is 1.75 bits per heavy atom. The van der Waals surface area contributed by atoms with Gasteiger partial charge in [-0.2, -0.15) is 4.31 Å². The van der Waals surface area contributed by atoms with Crippen LogP contribution < -0.4 is 10.1 Å². The second-order valence-electron chi connectivity index (χ2n) is 5.86. The van der Waals surface area contributed by atoms with E-state index >= 15 is 0 Å². The first-order valence-electron chi connectivity index (χ1n) is 7.69. The van der Waals surface area contributed by atoms with Gasteiger partial charge in [0.05, 0.1) is 17.1 Å². The lowest BCUT2D eigenvalue weighted by molar-refractivity contribution is -0.119. The fraction of sp³-hybridized carbons (Fsp3) is 0.235. The summed E-state index contributed by atoms with van der Waals surface area (Å²) in [5.41, 5.74) is 0.566. The Bertz CT molecular complexity index is 882. The Balaban J connectivity index is 1.71. The third-order valence-electron chi connectivity index (χ3n) is 4.31. The molecule has 7 heteroatoms. The molecule has 2 aromatic rings. The molecule has 2 heterocycles. The van der Waals surface area contributed by atoms with Gasteiger partial charge in [-0.05, 0) is 24.3 Å². The molecule has 2 bridgehead atoms. The van der Waals surface area contributed by atoms with Crippen molar-refractivity contribution >= 4 is 21.6 Å². The summed E-state index contributed by atoms with van der Waals surface area (Å²) in [6.07, 6.45) is -0.00707. The van der Waals surface area contributed by atoms with Gasteiger partial charge in [0.1, 0.15) is 17.9 Å². The molecule has 0 aliphatic carbocycles. The largest absolute Gasteiger partial charge is 0.487 e. The monoisotopic (exact) mass is 344 g/mol. The maximum Gasteiger partial charge on any atom is 0.243 e. The number of nitrogens with one attached hydrogen (secondary N) is 1. The highest BCUT2D eigenvalue weighted by Crippen LogP contribution is 2.34. The van der Waals surface area contributed by atoms with E-state index in [9.17, 15) is 13.2 Å². The lowest BCUT2D eigenvalue weighted by atomic mass is 10.1. The summed E-state index contributed by atoms with van der Waals surface area (Å²) < 4.78 is 33.0. The fourth-order valence-corrected chi connectivity index (χ4v) is 4.81. The predicted octanol–water partition coefficient (Wildman–Crippen LogP) is 1.85. The summed E-state index contributed by atoms with van der Waals surface area (Å²) in [7, 11) is -3.75. The molecular weight excluding hydrogens is 328 g/mol. The van der Waals surface area contributed by atoms with E-state index in [4.69, 9.17) is 4.74 Å². The number of benzene rings is 2. The molecule has 1 fully saturated rings. The van der Waals surface area contributed by atoms with Crippen LogP contribution in [0.25, 0.3) is 0 Å². The van der Waals surface area contributed by atoms with E-state index in [2.05, 4.69) is 5.32 Å². The topological polar surface area (TPSA) is 75.7 Å². The molecule has 2 atom stereocenters. The lowest BCUT2D eigenvalue weighted by Gasteiger charge is -2.23. The summed E-state index contributed by atoms with van der Waals surface area (Å²) in [5, 5.41) is 2.77. The van der Waals surface area contributed by atoms with Gasteiger partial charge in [-0.25, -0.2) is 8.42 Å². The SMILES string of the molecule is O=C1Nc2ccccc2OC2CC1N(S(=O)(=O)c1ccccc1)C2. The highest BCUT2D eigenvalue weighted by Gasteiger charge is 2.46. The minimum Gasteiger partial charge on any atom is -0.487 e. The van der Waals surface area contributed by atoms with E-state index in [1.807, 2.05) is 6.07 Å². The van der Waals surface area contributed by atoms with Crippen molar-refractivity contribution < 1.29 is 17.9 Å². The quantitative estimate of drug-likeness (QED) is 0.902. The number of rotatable bonds is 2. The zero-order chi connectivity index (χ0) is 16.7. The van der Waals surface area contributed by atoms with E-state index in [-0.39, 0.29) is 23.5 Å². The van der Waals surface area contributed by atoms with Crippen molar-refractivity contribution in [1.29, 1.82) is 0 Å². The molecule has 6 nitrogen and oxygen atoms in total. The molecule has 1 N–H and O–H groups in total. The summed E-state index contributed by atoms with van der Waals surface area (Å²) in [4.78, 5) is 12.8. The molecule has 0 radical (unpaired) electrons. The Kier molecular flexibility index (Phi) is 3.54. The van der Waals surface area contributed by atoms with E-state index in [1.165, 1.54) is 16.4 Å². The molecule has 4 rings (SSSR count). The molecule has 0 spiro atoms. The van der Waals surface area contributed by atoms with Crippen molar-refractivity contribution in [3.05, 3.63) is 54.6 Å². The van der Waals surface area contributed by atoms with Crippen molar-refractivity contribution in [1.82, 2.24) is 4.31 Å². The van der Waals surface area contributed by atoms with Gasteiger partial charge >= 0.3 is 0 Å². The molecule has 2 aromatic carbocycles. The summed E-state index contributed by atoms with van der Waals surface area (Å²) in [5.74, 6) is 0.237. The Morgan fingerprint density at radius 3 is 2.54 bits per heavy atom. The lowest BCUT2D eigenvalue weighted by Crippen LogP contribution is -2.43. The van der Waals surface area contributed by atoms with Gasteiger partial charge in [0.2, 0.25) is 15.9 Å². The first-order chi connectivity index (χ1) is 11.6. The van der Waals surface area contributed by atoms with Gasteiger partial charge in [-0.1, -0.05) is 30.3 Å². The molecule has 24 heavy (non-hydrogen) atoms. The molecule has 0 saturated carbocycles. The highest BCUT2D eigenvalue weighted by molar-refractivity contribution is 7.89. The maximum atomic E-state index is 12.9. The second-order valence-corrected chi connectivity index (χ2v) is 7.76. The molecule has 1 saturated heterocycles. The Labute approximate surface area is 140 Å². The number of ether oxygens (including phenoxy) is 1. The third kappa shape index (κ3) is 2.46. The predicted molar refractivity (Wildman–Crippen MR) is 88.2 cm³/mol. The smallest absolute Gasteiger partial charge is 0.243 e. The highest BCUT2D eigenvalue weighted by atomic mass is 32.2. The van der Waals surface area contributed by atoms with Crippen LogP contribution >= 0.6 is 0 Å². The van der Waals surface area contributed by atoms with Crippen molar-refractivity contribution in [3.8, 4) is 5.75 Å². The normalized spacial score (nSPS) is 23.6. The zero-order valence-electron chi connectivity index (χ0n) is 12.8. The molecule has 2 unspecified atom stereocenters. The minimum absolute atomic E-state index is 0.156. The van der Waals surface area contributed by atoms with Gasteiger partial charge in [0.25, 0.3) is 0 Å². The summed E-state index contributed by atoms with van der Waals surface area (Å²) in [6.45, 7) is 0.156. The van der Waals surface area contributed by atoms with Crippen LogP contribution in [0.2, 0.25) is 0 Å². The fourth-order valence-electron chi connectivity index (χ4n) is 3.15. The molecule has 0 aromatic heterocycles. The average molecular weight is 344 g/mol. The van der Waals surface area contributed by atoms with E-state index in [0.717, 1.165) is 0 Å². The first kappa shape index (κ1) is 15.2. The number of carbonyl (C=O) groups excluding carboxylic acids is 1. The zero-order valence-corrected chi connectivity index (χ0v) is 13.6. The number of carbonyl (C=O) groups is 1. The van der Waals surface area contributed by atoms with E-state index < -0.39 is 16.1 Å². The van der Waals surface area contributed by atoms with Gasteiger partial charge in [-0.3, -0.25) is 4.79 Å². The number of anilines is 1. The number of amides is 1. The number of para-hydroxylation sites is 2. The van der Waals surface area contributed by atoms with Gasteiger partial charge in [-0.15, -0.1) is 0 Å². The van der Waals surface area contributed by atoms with Crippen LogP contribution in [0.15, 0.2) is 59.5 Å². The van der Waals surface area contributed by atoms with Crippen LogP contribution in [0.4, 0.5) is 5.69 Å². The Morgan fingerprint density at radius 1 is 1.04 bits per heavy atom. The molecular formula is C17H16N2O4S. The average Bonchev–Trinajstić information content (AvgIpc) is 3.03. The maximum absolute atomic E-state index is 12.9. The number of hydrogen-bond acceptors (Lipinski definition) is 4. The minimum atomic E-state index is -3.75. The number of fused-ring (bicyclic) bond motifs is 3. The third-order valence-corrected chi connectivity index (χ3v) is 6.20. The van der Waals surface area contributed by atoms with Crippen LogP contribution in [0, 0.1) is 0 Å². The molecule has 2 aliphatic rings. The van der Waals surface area contributed by atoms with Crippen LogP contribution in [-0.2, 0) is 14.8 Å². The number of hydrogen-bond donors (Lipinski definition) is 1. The molecule has 1 amide bonds. The summed E-state index contributed by atoms with van der Waals surface area (Å²) in [6, 6.07) is 14.5.